The van der Waals surface area contributed by atoms with Crippen molar-refractivity contribution in [3.8, 4) is 0 Å². The van der Waals surface area contributed by atoms with E-state index < -0.39 is 5.54 Å². The quantitative estimate of drug-likeness (QED) is 0.764. The maximum Gasteiger partial charge on any atom is 0.241 e. The predicted octanol–water partition coefficient (Wildman–Crippen LogP) is 2.22. The third-order valence-corrected chi connectivity index (χ3v) is 6.38. The number of rotatable bonds is 5. The van der Waals surface area contributed by atoms with Crippen LogP contribution in [0.1, 0.15) is 58.8 Å². The maximum atomic E-state index is 12.6. The lowest BCUT2D eigenvalue weighted by atomic mass is 9.48. The SMILES string of the molecule is CC1(C)C2OCCC2C1(N)C(=O)NCCCC1CCCC1. The summed E-state index contributed by atoms with van der Waals surface area (Å²) in [4.78, 5) is 12.6. The van der Waals surface area contributed by atoms with Crippen molar-refractivity contribution < 1.29 is 9.53 Å². The van der Waals surface area contributed by atoms with E-state index in [2.05, 4.69) is 19.2 Å². The second-order valence-corrected chi connectivity index (χ2v) is 7.83. The number of carbonyl (C=O) groups is 1. The number of ether oxygens (including phenoxy) is 1. The van der Waals surface area contributed by atoms with Crippen LogP contribution in [-0.4, -0.2) is 30.7 Å². The molecule has 1 amide bonds. The third-order valence-electron chi connectivity index (χ3n) is 6.38. The maximum absolute atomic E-state index is 12.6. The first-order valence-electron chi connectivity index (χ1n) is 8.66. The van der Waals surface area contributed by atoms with Crippen LogP contribution in [0.4, 0.5) is 0 Å². The zero-order chi connectivity index (χ0) is 15.1. The zero-order valence-corrected chi connectivity index (χ0v) is 13.5. The molecule has 21 heavy (non-hydrogen) atoms. The van der Waals surface area contributed by atoms with Crippen LogP contribution in [0, 0.1) is 17.3 Å². The van der Waals surface area contributed by atoms with E-state index in [1.54, 1.807) is 0 Å². The molecule has 0 aromatic rings. The monoisotopic (exact) mass is 294 g/mol. The number of nitrogens with two attached hydrogens (primary N) is 1. The fraction of sp³-hybridized carbons (Fsp3) is 0.941. The van der Waals surface area contributed by atoms with Crippen LogP contribution in [0.5, 0.6) is 0 Å². The van der Waals surface area contributed by atoms with Gasteiger partial charge in [0.1, 0.15) is 5.54 Å². The molecular formula is C17H30N2O2. The molecule has 2 aliphatic carbocycles. The summed E-state index contributed by atoms with van der Waals surface area (Å²) in [7, 11) is 0. The van der Waals surface area contributed by atoms with E-state index in [9.17, 15) is 4.79 Å². The standard InChI is InChI=1S/C17H30N2O2/c1-16(2)14-13(9-11-21-14)17(16,18)15(20)19-10-5-8-12-6-3-4-7-12/h12-14H,3-11,18H2,1-2H3,(H,19,20). The molecular weight excluding hydrogens is 264 g/mol. The fourth-order valence-corrected chi connectivity index (χ4v) is 4.88. The second kappa shape index (κ2) is 5.54. The predicted molar refractivity (Wildman–Crippen MR) is 82.7 cm³/mol. The van der Waals surface area contributed by atoms with Crippen molar-refractivity contribution in [2.45, 2.75) is 70.4 Å². The molecule has 3 aliphatic rings. The Bertz CT molecular complexity index is 404. The summed E-state index contributed by atoms with van der Waals surface area (Å²) in [5.74, 6) is 1.12. The Morgan fingerprint density at radius 1 is 1.29 bits per heavy atom. The second-order valence-electron chi connectivity index (χ2n) is 7.83. The van der Waals surface area contributed by atoms with Gasteiger partial charge in [-0.3, -0.25) is 4.79 Å². The highest BCUT2D eigenvalue weighted by Crippen LogP contribution is 2.58. The fourth-order valence-electron chi connectivity index (χ4n) is 4.88. The molecule has 3 rings (SSSR count). The van der Waals surface area contributed by atoms with E-state index in [-0.39, 0.29) is 23.3 Å². The Labute approximate surface area is 128 Å². The molecule has 4 nitrogen and oxygen atoms in total. The first kappa shape index (κ1) is 15.3. The minimum absolute atomic E-state index is 0.0330. The Morgan fingerprint density at radius 3 is 2.71 bits per heavy atom. The van der Waals surface area contributed by atoms with Gasteiger partial charge in [0.15, 0.2) is 0 Å². The molecule has 3 fully saturated rings. The van der Waals surface area contributed by atoms with Crippen molar-refractivity contribution in [2.24, 2.45) is 23.0 Å². The zero-order valence-electron chi connectivity index (χ0n) is 13.5. The van der Waals surface area contributed by atoms with E-state index in [0.29, 0.717) is 0 Å². The summed E-state index contributed by atoms with van der Waals surface area (Å²) in [5, 5.41) is 3.10. The summed E-state index contributed by atoms with van der Waals surface area (Å²) < 4.78 is 5.75. The molecule has 3 atom stereocenters. The summed E-state index contributed by atoms with van der Waals surface area (Å²) in [6.07, 6.45) is 8.94. The highest BCUT2D eigenvalue weighted by molar-refractivity contribution is 5.89. The van der Waals surface area contributed by atoms with Gasteiger partial charge in [0, 0.05) is 24.5 Å². The molecule has 0 bridgehead atoms. The van der Waals surface area contributed by atoms with Crippen LogP contribution in [0.15, 0.2) is 0 Å². The van der Waals surface area contributed by atoms with Crippen molar-refractivity contribution in [1.29, 1.82) is 0 Å². The lowest BCUT2D eigenvalue weighted by molar-refractivity contribution is -0.175. The van der Waals surface area contributed by atoms with Gasteiger partial charge in [-0.1, -0.05) is 39.5 Å². The highest BCUT2D eigenvalue weighted by atomic mass is 16.5. The Kier molecular flexibility index (Phi) is 4.04. The third kappa shape index (κ3) is 2.31. The van der Waals surface area contributed by atoms with E-state index in [1.807, 2.05) is 0 Å². The molecule has 1 aliphatic heterocycles. The average Bonchev–Trinajstić information content (AvgIpc) is 3.12. The van der Waals surface area contributed by atoms with Crippen LogP contribution in [0.3, 0.4) is 0 Å². The minimum Gasteiger partial charge on any atom is -0.377 e. The van der Waals surface area contributed by atoms with Gasteiger partial charge in [-0.15, -0.1) is 0 Å². The topological polar surface area (TPSA) is 64.3 Å². The molecule has 1 heterocycles. The van der Waals surface area contributed by atoms with Gasteiger partial charge in [-0.25, -0.2) is 0 Å². The van der Waals surface area contributed by atoms with E-state index >= 15 is 0 Å². The molecule has 3 unspecified atom stereocenters. The van der Waals surface area contributed by atoms with E-state index in [0.717, 1.165) is 31.9 Å². The van der Waals surface area contributed by atoms with E-state index in [1.165, 1.54) is 32.1 Å². The number of nitrogens with one attached hydrogen (secondary N) is 1. The molecule has 0 radical (unpaired) electrons. The van der Waals surface area contributed by atoms with Crippen LogP contribution < -0.4 is 11.1 Å². The van der Waals surface area contributed by atoms with Crippen molar-refractivity contribution >= 4 is 5.91 Å². The molecule has 120 valence electrons. The lowest BCUT2D eigenvalue weighted by Gasteiger charge is -2.60. The molecule has 4 heteroatoms. The Morgan fingerprint density at radius 2 is 2.00 bits per heavy atom. The molecule has 1 saturated heterocycles. The Balaban J connectivity index is 1.48. The van der Waals surface area contributed by atoms with Gasteiger partial charge >= 0.3 is 0 Å². The first-order valence-corrected chi connectivity index (χ1v) is 8.66. The number of fused-ring (bicyclic) bond motifs is 1. The summed E-state index contributed by atoms with van der Waals surface area (Å²) in [6, 6.07) is 0. The van der Waals surface area contributed by atoms with Crippen LogP contribution in [-0.2, 0) is 9.53 Å². The van der Waals surface area contributed by atoms with Gasteiger partial charge in [0.05, 0.1) is 6.10 Å². The van der Waals surface area contributed by atoms with Crippen molar-refractivity contribution in [2.75, 3.05) is 13.2 Å². The molecule has 0 spiro atoms. The van der Waals surface area contributed by atoms with Gasteiger partial charge in [0.25, 0.3) is 0 Å². The lowest BCUT2D eigenvalue weighted by Crippen LogP contribution is -2.80. The normalized spacial score (nSPS) is 38.0. The van der Waals surface area contributed by atoms with Crippen molar-refractivity contribution in [3.63, 3.8) is 0 Å². The number of amides is 1. The summed E-state index contributed by atoms with van der Waals surface area (Å²) in [6.45, 7) is 5.64. The smallest absolute Gasteiger partial charge is 0.241 e. The van der Waals surface area contributed by atoms with Crippen LogP contribution in [0.25, 0.3) is 0 Å². The molecule has 2 saturated carbocycles. The summed E-state index contributed by atoms with van der Waals surface area (Å²) >= 11 is 0. The van der Waals surface area contributed by atoms with Gasteiger partial charge < -0.3 is 15.8 Å². The van der Waals surface area contributed by atoms with Crippen molar-refractivity contribution in [1.82, 2.24) is 5.32 Å². The van der Waals surface area contributed by atoms with Crippen LogP contribution in [0.2, 0.25) is 0 Å². The average molecular weight is 294 g/mol. The minimum atomic E-state index is -0.748. The van der Waals surface area contributed by atoms with E-state index in [4.69, 9.17) is 10.5 Å². The molecule has 3 N–H and O–H groups in total. The van der Waals surface area contributed by atoms with Crippen molar-refractivity contribution in [3.05, 3.63) is 0 Å². The summed E-state index contributed by atoms with van der Waals surface area (Å²) in [5.41, 5.74) is 5.51. The van der Waals surface area contributed by atoms with Gasteiger partial charge in [-0.2, -0.15) is 0 Å². The Hall–Kier alpha value is -0.610. The molecule has 0 aromatic carbocycles. The largest absolute Gasteiger partial charge is 0.377 e. The highest BCUT2D eigenvalue weighted by Gasteiger charge is 2.71. The molecule has 0 aromatic heterocycles. The number of hydrogen-bond acceptors (Lipinski definition) is 3. The van der Waals surface area contributed by atoms with Gasteiger partial charge in [-0.05, 0) is 25.2 Å². The van der Waals surface area contributed by atoms with Crippen LogP contribution >= 0.6 is 0 Å². The first-order chi connectivity index (χ1) is 9.98. The van der Waals surface area contributed by atoms with Gasteiger partial charge in [0.2, 0.25) is 5.91 Å². The number of carbonyl (C=O) groups excluding carboxylic acids is 1. The number of hydrogen-bond donors (Lipinski definition) is 2.